The van der Waals surface area contributed by atoms with Crippen molar-refractivity contribution in [2.75, 3.05) is 30.7 Å². The van der Waals surface area contributed by atoms with Crippen molar-refractivity contribution in [3.05, 3.63) is 23.2 Å². The quantitative estimate of drug-likeness (QED) is 0.793. The summed E-state index contributed by atoms with van der Waals surface area (Å²) < 4.78 is 0. The first-order valence-electron chi connectivity index (χ1n) is 7.15. The van der Waals surface area contributed by atoms with E-state index in [0.29, 0.717) is 22.9 Å². The Bertz CT molecular complexity index is 474. The molecule has 1 aromatic carbocycles. The Labute approximate surface area is 125 Å². The predicted molar refractivity (Wildman–Crippen MR) is 83.9 cm³/mol. The van der Waals surface area contributed by atoms with Crippen molar-refractivity contribution in [1.82, 2.24) is 4.90 Å². The van der Waals surface area contributed by atoms with Crippen LogP contribution in [0.3, 0.4) is 0 Å². The SMILES string of the molecule is CCN(CC(=O)Nc1cc(Cl)ccc1N)CC1CCC1. The molecule has 0 atom stereocenters. The van der Waals surface area contributed by atoms with Gasteiger partial charge in [-0.2, -0.15) is 0 Å². The molecule has 1 aliphatic carbocycles. The van der Waals surface area contributed by atoms with Crippen molar-refractivity contribution in [2.45, 2.75) is 26.2 Å². The zero-order valence-electron chi connectivity index (χ0n) is 11.9. The number of nitrogens with one attached hydrogen (secondary N) is 1. The fourth-order valence-electron chi connectivity index (χ4n) is 2.38. The van der Waals surface area contributed by atoms with E-state index in [1.807, 2.05) is 0 Å². The van der Waals surface area contributed by atoms with Crippen molar-refractivity contribution >= 4 is 28.9 Å². The maximum atomic E-state index is 12.1. The van der Waals surface area contributed by atoms with Gasteiger partial charge in [-0.05, 0) is 43.5 Å². The molecule has 0 bridgehead atoms. The molecule has 1 aromatic rings. The Hall–Kier alpha value is -1.26. The van der Waals surface area contributed by atoms with Crippen LogP contribution in [0.4, 0.5) is 11.4 Å². The largest absolute Gasteiger partial charge is 0.397 e. The van der Waals surface area contributed by atoms with Gasteiger partial charge in [0.15, 0.2) is 0 Å². The molecule has 0 aromatic heterocycles. The van der Waals surface area contributed by atoms with Crippen molar-refractivity contribution < 1.29 is 4.79 Å². The highest BCUT2D eigenvalue weighted by molar-refractivity contribution is 6.31. The summed E-state index contributed by atoms with van der Waals surface area (Å²) in [7, 11) is 0. The number of carbonyl (C=O) groups excluding carboxylic acids is 1. The first-order valence-corrected chi connectivity index (χ1v) is 7.53. The average molecular weight is 296 g/mol. The number of nitrogens with two attached hydrogens (primary N) is 1. The van der Waals surface area contributed by atoms with Gasteiger partial charge in [0.05, 0.1) is 17.9 Å². The van der Waals surface area contributed by atoms with Gasteiger partial charge in [-0.3, -0.25) is 9.69 Å². The molecule has 2 rings (SSSR count). The van der Waals surface area contributed by atoms with Crippen LogP contribution in [0.2, 0.25) is 5.02 Å². The van der Waals surface area contributed by atoms with Crippen molar-refractivity contribution in [1.29, 1.82) is 0 Å². The first-order chi connectivity index (χ1) is 9.58. The lowest BCUT2D eigenvalue weighted by atomic mass is 9.85. The molecule has 1 fully saturated rings. The topological polar surface area (TPSA) is 58.4 Å². The lowest BCUT2D eigenvalue weighted by Gasteiger charge is -2.31. The number of nitrogen functional groups attached to an aromatic ring is 1. The maximum Gasteiger partial charge on any atom is 0.238 e. The third-order valence-electron chi connectivity index (χ3n) is 3.84. The number of anilines is 2. The number of likely N-dealkylation sites (N-methyl/N-ethyl adjacent to an activating group) is 1. The molecular formula is C15H22ClN3O. The molecule has 1 aliphatic rings. The van der Waals surface area contributed by atoms with E-state index in [1.54, 1.807) is 18.2 Å². The third-order valence-corrected chi connectivity index (χ3v) is 4.08. The molecule has 0 radical (unpaired) electrons. The van der Waals surface area contributed by atoms with Crippen molar-refractivity contribution in [2.24, 2.45) is 5.92 Å². The standard InChI is InChI=1S/C15H22ClN3O/c1-2-19(9-11-4-3-5-11)10-15(20)18-14-8-12(16)6-7-13(14)17/h6-8,11H,2-5,9-10,17H2,1H3,(H,18,20). The Balaban J connectivity index is 1.88. The summed E-state index contributed by atoms with van der Waals surface area (Å²) in [6.45, 7) is 4.38. The fourth-order valence-corrected chi connectivity index (χ4v) is 2.55. The Morgan fingerprint density at radius 1 is 1.50 bits per heavy atom. The molecule has 1 saturated carbocycles. The normalized spacial score (nSPS) is 15.2. The van der Waals surface area contributed by atoms with Crippen LogP contribution in [-0.2, 0) is 4.79 Å². The maximum absolute atomic E-state index is 12.1. The molecule has 110 valence electrons. The van der Waals surface area contributed by atoms with Crippen LogP contribution in [-0.4, -0.2) is 30.4 Å². The van der Waals surface area contributed by atoms with Crippen LogP contribution in [0, 0.1) is 5.92 Å². The highest BCUT2D eigenvalue weighted by Crippen LogP contribution is 2.27. The number of rotatable bonds is 6. The molecular weight excluding hydrogens is 274 g/mol. The monoisotopic (exact) mass is 295 g/mol. The van der Waals surface area contributed by atoms with Crippen molar-refractivity contribution in [3.63, 3.8) is 0 Å². The van der Waals surface area contributed by atoms with E-state index in [2.05, 4.69) is 17.1 Å². The second kappa shape index (κ2) is 6.95. The van der Waals surface area contributed by atoms with Crippen LogP contribution in [0.5, 0.6) is 0 Å². The van der Waals surface area contributed by atoms with E-state index in [4.69, 9.17) is 17.3 Å². The number of hydrogen-bond acceptors (Lipinski definition) is 3. The summed E-state index contributed by atoms with van der Waals surface area (Å²) in [5.74, 6) is 0.721. The van der Waals surface area contributed by atoms with Crippen LogP contribution in [0.15, 0.2) is 18.2 Å². The Morgan fingerprint density at radius 2 is 2.25 bits per heavy atom. The van der Waals surface area contributed by atoms with E-state index in [1.165, 1.54) is 19.3 Å². The molecule has 5 heteroatoms. The summed E-state index contributed by atoms with van der Waals surface area (Å²) in [5, 5.41) is 3.40. The number of benzene rings is 1. The molecule has 3 N–H and O–H groups in total. The first kappa shape index (κ1) is 15.1. The molecule has 4 nitrogen and oxygen atoms in total. The lowest BCUT2D eigenvalue weighted by Crippen LogP contribution is -2.38. The highest BCUT2D eigenvalue weighted by Gasteiger charge is 2.21. The van der Waals surface area contributed by atoms with Gasteiger partial charge >= 0.3 is 0 Å². The summed E-state index contributed by atoms with van der Waals surface area (Å²) in [4.78, 5) is 14.3. The van der Waals surface area contributed by atoms with Crippen LogP contribution < -0.4 is 11.1 Å². The number of carbonyl (C=O) groups is 1. The van der Waals surface area contributed by atoms with Crippen LogP contribution in [0.25, 0.3) is 0 Å². The highest BCUT2D eigenvalue weighted by atomic mass is 35.5. The summed E-state index contributed by atoms with van der Waals surface area (Å²) in [5.41, 5.74) is 6.94. The smallest absolute Gasteiger partial charge is 0.238 e. The van der Waals surface area contributed by atoms with Gasteiger partial charge in [0, 0.05) is 11.6 Å². The second-order valence-corrected chi connectivity index (χ2v) is 5.84. The molecule has 0 spiro atoms. The van der Waals surface area contributed by atoms with Crippen molar-refractivity contribution in [3.8, 4) is 0 Å². The minimum absolute atomic E-state index is 0.0415. The third kappa shape index (κ3) is 4.12. The number of hydrogen-bond donors (Lipinski definition) is 2. The number of halogens is 1. The summed E-state index contributed by atoms with van der Waals surface area (Å²) >= 11 is 5.91. The van der Waals surface area contributed by atoms with Gasteiger partial charge in [-0.15, -0.1) is 0 Å². The molecule has 0 unspecified atom stereocenters. The summed E-state index contributed by atoms with van der Waals surface area (Å²) in [6, 6.07) is 5.09. The predicted octanol–water partition coefficient (Wildman–Crippen LogP) is 2.98. The van der Waals surface area contributed by atoms with Crippen LogP contribution >= 0.6 is 11.6 Å². The van der Waals surface area contributed by atoms with Gasteiger partial charge < -0.3 is 11.1 Å². The van der Waals surface area contributed by atoms with E-state index in [0.717, 1.165) is 19.0 Å². The molecule has 20 heavy (non-hydrogen) atoms. The van der Waals surface area contributed by atoms with E-state index < -0.39 is 0 Å². The Morgan fingerprint density at radius 3 is 2.85 bits per heavy atom. The van der Waals surface area contributed by atoms with E-state index in [9.17, 15) is 4.79 Å². The minimum atomic E-state index is -0.0415. The number of amides is 1. The van der Waals surface area contributed by atoms with Gasteiger partial charge in [0.25, 0.3) is 0 Å². The molecule has 0 aliphatic heterocycles. The molecule has 0 saturated heterocycles. The zero-order chi connectivity index (χ0) is 14.5. The van der Waals surface area contributed by atoms with Gasteiger partial charge in [0.1, 0.15) is 0 Å². The van der Waals surface area contributed by atoms with Gasteiger partial charge in [-0.1, -0.05) is 24.9 Å². The second-order valence-electron chi connectivity index (χ2n) is 5.40. The minimum Gasteiger partial charge on any atom is -0.397 e. The van der Waals surface area contributed by atoms with E-state index in [-0.39, 0.29) is 5.91 Å². The number of nitrogens with zero attached hydrogens (tertiary/aromatic N) is 1. The average Bonchev–Trinajstić information content (AvgIpc) is 2.36. The molecule has 1 amide bonds. The van der Waals surface area contributed by atoms with E-state index >= 15 is 0 Å². The zero-order valence-corrected chi connectivity index (χ0v) is 12.6. The fraction of sp³-hybridized carbons (Fsp3) is 0.533. The lowest BCUT2D eigenvalue weighted by molar-refractivity contribution is -0.117. The Kier molecular flexibility index (Phi) is 5.26. The summed E-state index contributed by atoms with van der Waals surface area (Å²) in [6.07, 6.45) is 3.91. The molecule has 0 heterocycles. The van der Waals surface area contributed by atoms with Gasteiger partial charge in [-0.25, -0.2) is 0 Å². The van der Waals surface area contributed by atoms with Crippen LogP contribution in [0.1, 0.15) is 26.2 Å². The van der Waals surface area contributed by atoms with Gasteiger partial charge in [0.2, 0.25) is 5.91 Å².